The first-order chi connectivity index (χ1) is 13.6. The lowest BCUT2D eigenvalue weighted by atomic mass is 10.1. The number of aliphatic imine (C=N–C) groups is 1. The van der Waals surface area contributed by atoms with Crippen molar-refractivity contribution in [2.24, 2.45) is 4.99 Å². The number of hydrogen-bond donors (Lipinski definition) is 2. The van der Waals surface area contributed by atoms with Crippen LogP contribution in [0, 0.1) is 17.0 Å². The second kappa shape index (κ2) is 10.6. The smallest absolute Gasteiger partial charge is 0.274 e. The topological polar surface area (TPSA) is 106 Å². The Morgan fingerprint density at radius 1 is 1.14 bits per heavy atom. The van der Waals surface area contributed by atoms with Crippen LogP contribution >= 0.6 is 24.0 Å². The van der Waals surface area contributed by atoms with Gasteiger partial charge in [0.1, 0.15) is 6.26 Å². The van der Waals surface area contributed by atoms with Gasteiger partial charge in [0.2, 0.25) is 5.89 Å². The van der Waals surface area contributed by atoms with Crippen LogP contribution in [-0.4, -0.2) is 22.9 Å². The van der Waals surface area contributed by atoms with Crippen molar-refractivity contribution >= 4 is 35.6 Å². The molecule has 0 bridgehead atoms. The van der Waals surface area contributed by atoms with Gasteiger partial charge in [0.25, 0.3) is 5.69 Å². The van der Waals surface area contributed by atoms with E-state index in [1.165, 1.54) is 11.6 Å². The van der Waals surface area contributed by atoms with Crippen LogP contribution in [0.4, 0.5) is 5.69 Å². The number of halogens is 1. The SMILES string of the molecule is CN=C(NCc1coc(-c2ccc(C)cc2)n1)NCc1ccccc1[N+](=O)[O-].I. The summed E-state index contributed by atoms with van der Waals surface area (Å²) in [6.45, 7) is 2.72. The van der Waals surface area contributed by atoms with E-state index < -0.39 is 4.92 Å². The highest BCUT2D eigenvalue weighted by Crippen LogP contribution is 2.19. The van der Waals surface area contributed by atoms with Crippen molar-refractivity contribution in [3.63, 3.8) is 0 Å². The second-order valence-electron chi connectivity index (χ2n) is 6.18. The number of nitrogens with one attached hydrogen (secondary N) is 2. The minimum atomic E-state index is -0.394. The molecule has 152 valence electrons. The Labute approximate surface area is 185 Å². The maximum Gasteiger partial charge on any atom is 0.274 e. The Balaban J connectivity index is 0.00000300. The summed E-state index contributed by atoms with van der Waals surface area (Å²) in [6, 6.07) is 14.5. The van der Waals surface area contributed by atoms with Gasteiger partial charge in [0.15, 0.2) is 5.96 Å². The van der Waals surface area contributed by atoms with E-state index in [0.717, 1.165) is 11.3 Å². The summed E-state index contributed by atoms with van der Waals surface area (Å²) in [5.41, 5.74) is 3.47. The first kappa shape index (κ1) is 22.3. The van der Waals surface area contributed by atoms with Gasteiger partial charge >= 0.3 is 0 Å². The summed E-state index contributed by atoms with van der Waals surface area (Å²) >= 11 is 0. The van der Waals surface area contributed by atoms with Gasteiger partial charge in [-0.1, -0.05) is 35.9 Å². The normalized spacial score (nSPS) is 10.9. The number of hydrogen-bond acceptors (Lipinski definition) is 5. The molecular formula is C20H22IN5O3. The number of oxazole rings is 1. The van der Waals surface area contributed by atoms with E-state index in [2.05, 4.69) is 20.6 Å². The standard InChI is InChI=1S/C20H21N5O3.HI/c1-14-7-9-15(10-8-14)19-24-17(13-28-19)12-23-20(21-2)22-11-16-5-3-4-6-18(16)25(26)27;/h3-10,13H,11-12H2,1-2H3,(H2,21,22,23);1H. The Morgan fingerprint density at radius 2 is 1.83 bits per heavy atom. The third-order valence-corrected chi connectivity index (χ3v) is 4.15. The van der Waals surface area contributed by atoms with E-state index in [1.54, 1.807) is 31.5 Å². The van der Waals surface area contributed by atoms with Gasteiger partial charge < -0.3 is 15.1 Å². The van der Waals surface area contributed by atoms with Crippen molar-refractivity contribution in [2.75, 3.05) is 7.05 Å². The molecule has 0 spiro atoms. The molecule has 2 aromatic carbocycles. The quantitative estimate of drug-likeness (QED) is 0.172. The third kappa shape index (κ3) is 6.01. The number of nitro benzene ring substituents is 1. The fourth-order valence-electron chi connectivity index (χ4n) is 2.63. The number of nitrogens with zero attached hydrogens (tertiary/aromatic N) is 3. The molecule has 0 aliphatic rings. The lowest BCUT2D eigenvalue weighted by Gasteiger charge is -2.11. The summed E-state index contributed by atoms with van der Waals surface area (Å²) < 4.78 is 5.54. The molecule has 0 fully saturated rings. The Morgan fingerprint density at radius 3 is 2.52 bits per heavy atom. The van der Waals surface area contributed by atoms with Gasteiger partial charge in [-0.15, -0.1) is 24.0 Å². The maximum atomic E-state index is 11.1. The molecule has 3 rings (SSSR count). The first-order valence-electron chi connectivity index (χ1n) is 8.75. The molecule has 1 heterocycles. The number of aromatic nitrogens is 1. The molecule has 0 saturated carbocycles. The molecule has 8 nitrogen and oxygen atoms in total. The molecule has 1 aromatic heterocycles. The predicted molar refractivity (Wildman–Crippen MR) is 122 cm³/mol. The van der Waals surface area contributed by atoms with E-state index in [0.29, 0.717) is 24.0 Å². The zero-order valence-electron chi connectivity index (χ0n) is 16.1. The monoisotopic (exact) mass is 507 g/mol. The second-order valence-corrected chi connectivity index (χ2v) is 6.18. The first-order valence-corrected chi connectivity index (χ1v) is 8.75. The van der Waals surface area contributed by atoms with Crippen molar-refractivity contribution in [1.82, 2.24) is 15.6 Å². The van der Waals surface area contributed by atoms with E-state index in [-0.39, 0.29) is 36.2 Å². The summed E-state index contributed by atoms with van der Waals surface area (Å²) in [4.78, 5) is 19.3. The molecule has 3 aromatic rings. The van der Waals surface area contributed by atoms with Crippen molar-refractivity contribution in [1.29, 1.82) is 0 Å². The van der Waals surface area contributed by atoms with E-state index in [9.17, 15) is 10.1 Å². The number of rotatable bonds is 6. The predicted octanol–water partition coefficient (Wildman–Crippen LogP) is 4.04. The largest absolute Gasteiger partial charge is 0.444 e. The number of guanidine groups is 1. The van der Waals surface area contributed by atoms with E-state index in [1.807, 2.05) is 31.2 Å². The summed E-state index contributed by atoms with van der Waals surface area (Å²) in [5.74, 6) is 1.07. The molecule has 0 radical (unpaired) electrons. The van der Waals surface area contributed by atoms with Gasteiger partial charge in [-0.3, -0.25) is 15.1 Å². The molecule has 0 atom stereocenters. The average Bonchev–Trinajstić information content (AvgIpc) is 3.18. The zero-order chi connectivity index (χ0) is 19.9. The van der Waals surface area contributed by atoms with Gasteiger partial charge in [-0.05, 0) is 19.1 Å². The van der Waals surface area contributed by atoms with Gasteiger partial charge in [-0.25, -0.2) is 4.98 Å². The van der Waals surface area contributed by atoms with Crippen LogP contribution in [0.3, 0.4) is 0 Å². The van der Waals surface area contributed by atoms with Gasteiger partial charge in [-0.2, -0.15) is 0 Å². The van der Waals surface area contributed by atoms with E-state index in [4.69, 9.17) is 4.42 Å². The number of para-hydroxylation sites is 1. The highest BCUT2D eigenvalue weighted by molar-refractivity contribution is 14.0. The highest BCUT2D eigenvalue weighted by atomic mass is 127. The zero-order valence-corrected chi connectivity index (χ0v) is 18.4. The molecule has 29 heavy (non-hydrogen) atoms. The number of aryl methyl sites for hydroxylation is 1. The molecular weight excluding hydrogens is 485 g/mol. The van der Waals surface area contributed by atoms with Crippen LogP contribution in [0.1, 0.15) is 16.8 Å². The average molecular weight is 507 g/mol. The maximum absolute atomic E-state index is 11.1. The van der Waals surface area contributed by atoms with Crippen molar-refractivity contribution in [3.8, 4) is 11.5 Å². The molecule has 0 aliphatic carbocycles. The van der Waals surface area contributed by atoms with Crippen LogP contribution in [0.25, 0.3) is 11.5 Å². The van der Waals surface area contributed by atoms with Crippen molar-refractivity contribution < 1.29 is 9.34 Å². The lowest BCUT2D eigenvalue weighted by molar-refractivity contribution is -0.385. The van der Waals surface area contributed by atoms with Crippen molar-refractivity contribution in [2.45, 2.75) is 20.0 Å². The van der Waals surface area contributed by atoms with Crippen LogP contribution in [0.2, 0.25) is 0 Å². The molecule has 0 saturated heterocycles. The highest BCUT2D eigenvalue weighted by Gasteiger charge is 2.12. The van der Waals surface area contributed by atoms with Crippen LogP contribution < -0.4 is 10.6 Å². The van der Waals surface area contributed by atoms with E-state index >= 15 is 0 Å². The molecule has 9 heteroatoms. The summed E-state index contributed by atoms with van der Waals surface area (Å²) in [5, 5.41) is 17.3. The minimum Gasteiger partial charge on any atom is -0.444 e. The minimum absolute atomic E-state index is 0. The lowest BCUT2D eigenvalue weighted by Crippen LogP contribution is -2.36. The fraction of sp³-hybridized carbons (Fsp3) is 0.200. The summed E-state index contributed by atoms with van der Waals surface area (Å²) in [7, 11) is 1.63. The fourth-order valence-corrected chi connectivity index (χ4v) is 2.63. The Kier molecular flexibility index (Phi) is 8.13. The van der Waals surface area contributed by atoms with Gasteiger partial charge in [0, 0.05) is 30.8 Å². The Hall–Kier alpha value is -2.95. The third-order valence-electron chi connectivity index (χ3n) is 4.15. The molecule has 0 amide bonds. The van der Waals surface area contributed by atoms with Crippen LogP contribution in [0.5, 0.6) is 0 Å². The molecule has 0 unspecified atom stereocenters. The van der Waals surface area contributed by atoms with Crippen LogP contribution in [0.15, 0.2) is 64.2 Å². The molecule has 0 aliphatic heterocycles. The summed E-state index contributed by atoms with van der Waals surface area (Å²) in [6.07, 6.45) is 1.59. The Bertz CT molecular complexity index is 986. The van der Waals surface area contributed by atoms with Crippen LogP contribution in [-0.2, 0) is 13.1 Å². The van der Waals surface area contributed by atoms with Gasteiger partial charge in [0.05, 0.1) is 17.2 Å². The number of nitro groups is 1. The molecule has 2 N–H and O–H groups in total. The van der Waals surface area contributed by atoms with Crippen molar-refractivity contribution in [3.05, 3.63) is 81.7 Å². The number of benzene rings is 2.